The van der Waals surface area contributed by atoms with E-state index in [0.29, 0.717) is 31.1 Å². The monoisotopic (exact) mass is 452 g/mol. The van der Waals surface area contributed by atoms with Gasteiger partial charge in [0.25, 0.3) is 5.91 Å². The number of ether oxygens (including phenoxy) is 2. The third-order valence-electron chi connectivity index (χ3n) is 4.30. The Labute approximate surface area is 192 Å². The molecule has 1 amide bonds. The summed E-state index contributed by atoms with van der Waals surface area (Å²) in [6.07, 6.45) is 2.04. The summed E-state index contributed by atoms with van der Waals surface area (Å²) in [6, 6.07) is 24.7. The van der Waals surface area contributed by atoms with Crippen LogP contribution in [-0.2, 0) is 6.54 Å². The summed E-state index contributed by atoms with van der Waals surface area (Å²) in [7, 11) is 0. The van der Waals surface area contributed by atoms with Crippen molar-refractivity contribution in [3.63, 3.8) is 0 Å². The highest BCUT2D eigenvalue weighted by Crippen LogP contribution is 2.15. The van der Waals surface area contributed by atoms with Gasteiger partial charge in [0.1, 0.15) is 24.7 Å². The van der Waals surface area contributed by atoms with Gasteiger partial charge in [0, 0.05) is 17.0 Å². The van der Waals surface area contributed by atoms with Gasteiger partial charge in [-0.05, 0) is 66.5 Å². The zero-order chi connectivity index (χ0) is 21.9. The van der Waals surface area contributed by atoms with Crippen LogP contribution in [0.3, 0.4) is 0 Å². The Morgan fingerprint density at radius 2 is 1.58 bits per heavy atom. The van der Waals surface area contributed by atoms with E-state index in [4.69, 9.17) is 21.7 Å². The Bertz CT molecular complexity index is 995. The number of nitrogens with one attached hydrogen (secondary N) is 2. The number of carbonyl (C=O) groups is 1. The van der Waals surface area contributed by atoms with Gasteiger partial charge in [0.05, 0.1) is 0 Å². The zero-order valence-corrected chi connectivity index (χ0v) is 18.8. The first-order chi connectivity index (χ1) is 15.1. The van der Waals surface area contributed by atoms with Crippen LogP contribution in [0.15, 0.2) is 83.8 Å². The molecule has 0 aliphatic rings. The minimum atomic E-state index is -0.291. The first-order valence-electron chi connectivity index (χ1n) is 9.77. The molecule has 7 heteroatoms. The lowest BCUT2D eigenvalue weighted by Crippen LogP contribution is -2.38. The van der Waals surface area contributed by atoms with Crippen molar-refractivity contribution in [2.45, 2.75) is 11.4 Å². The molecule has 0 radical (unpaired) electrons. The summed E-state index contributed by atoms with van der Waals surface area (Å²) in [5, 5.41) is 6.04. The predicted octanol–water partition coefficient (Wildman–Crippen LogP) is 4.67. The lowest BCUT2D eigenvalue weighted by atomic mass is 10.2. The predicted molar refractivity (Wildman–Crippen MR) is 129 cm³/mol. The first kappa shape index (κ1) is 22.7. The summed E-state index contributed by atoms with van der Waals surface area (Å²) < 4.78 is 11.3. The van der Waals surface area contributed by atoms with E-state index >= 15 is 0 Å². The van der Waals surface area contributed by atoms with Crippen molar-refractivity contribution < 1.29 is 14.3 Å². The molecule has 3 rings (SSSR count). The van der Waals surface area contributed by atoms with Crippen LogP contribution in [0, 0.1) is 0 Å². The van der Waals surface area contributed by atoms with Crippen LogP contribution in [0.2, 0.25) is 0 Å². The molecule has 5 nitrogen and oxygen atoms in total. The molecule has 0 atom stereocenters. The fourth-order valence-corrected chi connectivity index (χ4v) is 3.28. The van der Waals surface area contributed by atoms with E-state index in [1.807, 2.05) is 48.7 Å². The van der Waals surface area contributed by atoms with Crippen molar-refractivity contribution in [3.05, 3.63) is 90.0 Å². The number of thioether (sulfide) groups is 1. The van der Waals surface area contributed by atoms with Gasteiger partial charge in [-0.2, -0.15) is 0 Å². The van der Waals surface area contributed by atoms with Crippen LogP contribution in [0.4, 0.5) is 0 Å². The van der Waals surface area contributed by atoms with E-state index in [1.54, 1.807) is 36.0 Å². The van der Waals surface area contributed by atoms with Gasteiger partial charge in [0.2, 0.25) is 0 Å². The SMILES string of the molecule is CSc1ccc(CNC(=S)NC(=O)c2cccc(OCCOc3ccccc3)c2)cc1. The van der Waals surface area contributed by atoms with Crippen LogP contribution >= 0.6 is 24.0 Å². The number of carbonyl (C=O) groups excluding carboxylic acids is 1. The van der Waals surface area contributed by atoms with Crippen LogP contribution in [0.5, 0.6) is 11.5 Å². The highest BCUT2D eigenvalue weighted by atomic mass is 32.2. The van der Waals surface area contributed by atoms with Crippen LogP contribution in [-0.4, -0.2) is 30.5 Å². The average molecular weight is 453 g/mol. The van der Waals surface area contributed by atoms with Crippen molar-refractivity contribution >= 4 is 35.0 Å². The first-order valence-corrected chi connectivity index (χ1v) is 11.4. The number of hydrogen-bond donors (Lipinski definition) is 2. The van der Waals surface area contributed by atoms with Crippen LogP contribution < -0.4 is 20.1 Å². The number of thiocarbonyl (C=S) groups is 1. The summed E-state index contributed by atoms with van der Waals surface area (Å²) in [5.41, 5.74) is 1.55. The molecule has 0 aliphatic heterocycles. The molecular formula is C24H24N2O3S2. The molecule has 0 heterocycles. The lowest BCUT2D eigenvalue weighted by Gasteiger charge is -2.11. The van der Waals surface area contributed by atoms with Crippen molar-refractivity contribution in [2.75, 3.05) is 19.5 Å². The van der Waals surface area contributed by atoms with Gasteiger partial charge in [-0.3, -0.25) is 10.1 Å². The Morgan fingerprint density at radius 1 is 0.903 bits per heavy atom. The third-order valence-corrected chi connectivity index (χ3v) is 5.29. The molecule has 3 aromatic carbocycles. The van der Waals surface area contributed by atoms with Gasteiger partial charge in [-0.15, -0.1) is 11.8 Å². The van der Waals surface area contributed by atoms with E-state index < -0.39 is 0 Å². The highest BCUT2D eigenvalue weighted by molar-refractivity contribution is 7.98. The van der Waals surface area contributed by atoms with E-state index in [9.17, 15) is 4.79 Å². The van der Waals surface area contributed by atoms with E-state index in [0.717, 1.165) is 11.3 Å². The zero-order valence-electron chi connectivity index (χ0n) is 17.2. The van der Waals surface area contributed by atoms with Crippen LogP contribution in [0.1, 0.15) is 15.9 Å². The summed E-state index contributed by atoms with van der Waals surface area (Å²) >= 11 is 6.94. The van der Waals surface area contributed by atoms with E-state index in [1.165, 1.54) is 4.90 Å². The standard InChI is InChI=1S/C24H24N2O3S2/c1-31-22-12-10-18(11-13-22)17-25-24(30)26-23(27)19-6-5-9-21(16-19)29-15-14-28-20-7-3-2-4-8-20/h2-13,16H,14-15,17H2,1H3,(H2,25,26,27,30). The number of hydrogen-bond acceptors (Lipinski definition) is 5. The van der Waals surface area contributed by atoms with Crippen molar-refractivity contribution in [1.82, 2.24) is 10.6 Å². The molecule has 0 aliphatic carbocycles. The molecule has 0 aromatic heterocycles. The second-order valence-corrected chi connectivity index (χ2v) is 7.81. The van der Waals surface area contributed by atoms with Gasteiger partial charge in [-0.1, -0.05) is 36.4 Å². The topological polar surface area (TPSA) is 59.6 Å². The fraction of sp³-hybridized carbons (Fsp3) is 0.167. The Kier molecular flexibility index (Phi) is 8.75. The van der Waals surface area contributed by atoms with Gasteiger partial charge < -0.3 is 14.8 Å². The Balaban J connectivity index is 1.43. The maximum absolute atomic E-state index is 12.5. The number of rotatable bonds is 9. The fourth-order valence-electron chi connectivity index (χ4n) is 2.71. The molecule has 0 unspecified atom stereocenters. The molecular weight excluding hydrogens is 428 g/mol. The van der Waals surface area contributed by atoms with Crippen molar-refractivity contribution in [3.8, 4) is 11.5 Å². The second-order valence-electron chi connectivity index (χ2n) is 6.52. The third kappa shape index (κ3) is 7.62. The number of amides is 1. The highest BCUT2D eigenvalue weighted by Gasteiger charge is 2.09. The molecule has 0 fully saturated rings. The summed E-state index contributed by atoms with van der Waals surface area (Å²) in [4.78, 5) is 13.7. The van der Waals surface area contributed by atoms with Crippen molar-refractivity contribution in [1.29, 1.82) is 0 Å². The Morgan fingerprint density at radius 3 is 2.29 bits per heavy atom. The maximum atomic E-state index is 12.5. The second kappa shape index (κ2) is 12.0. The minimum absolute atomic E-state index is 0.279. The number of para-hydroxylation sites is 1. The van der Waals surface area contributed by atoms with Gasteiger partial charge in [-0.25, -0.2) is 0 Å². The summed E-state index contributed by atoms with van der Waals surface area (Å²) in [6.45, 7) is 1.32. The molecule has 2 N–H and O–H groups in total. The smallest absolute Gasteiger partial charge is 0.257 e. The Hall–Kier alpha value is -3.03. The quantitative estimate of drug-likeness (QED) is 0.280. The molecule has 160 valence electrons. The summed E-state index contributed by atoms with van der Waals surface area (Å²) in [5.74, 6) is 1.10. The molecule has 0 bridgehead atoms. The van der Waals surface area contributed by atoms with E-state index in [2.05, 4.69) is 22.8 Å². The van der Waals surface area contributed by atoms with Crippen molar-refractivity contribution in [2.24, 2.45) is 0 Å². The number of benzene rings is 3. The molecule has 3 aromatic rings. The van der Waals surface area contributed by atoms with Gasteiger partial charge in [0.15, 0.2) is 5.11 Å². The normalized spacial score (nSPS) is 10.2. The average Bonchev–Trinajstić information content (AvgIpc) is 2.81. The molecule has 0 saturated carbocycles. The van der Waals surface area contributed by atoms with Gasteiger partial charge >= 0.3 is 0 Å². The largest absolute Gasteiger partial charge is 0.490 e. The van der Waals surface area contributed by atoms with E-state index in [-0.39, 0.29) is 11.0 Å². The molecule has 31 heavy (non-hydrogen) atoms. The molecule has 0 saturated heterocycles. The van der Waals surface area contributed by atoms with Crippen LogP contribution in [0.25, 0.3) is 0 Å². The molecule has 0 spiro atoms. The lowest BCUT2D eigenvalue weighted by molar-refractivity contribution is 0.0976. The minimum Gasteiger partial charge on any atom is -0.490 e. The maximum Gasteiger partial charge on any atom is 0.257 e.